The summed E-state index contributed by atoms with van der Waals surface area (Å²) in [6, 6.07) is 0.639. The minimum Gasteiger partial charge on any atom is -0.480 e. The second kappa shape index (κ2) is 8.71. The van der Waals surface area contributed by atoms with Crippen molar-refractivity contribution in [3.05, 3.63) is 0 Å². The molecule has 5 heteroatoms. The smallest absolute Gasteiger partial charge is 0.323 e. The van der Waals surface area contributed by atoms with E-state index >= 15 is 0 Å². The molecule has 1 aliphatic heterocycles. The number of nitrogens with one attached hydrogen (secondary N) is 1. The van der Waals surface area contributed by atoms with E-state index in [-0.39, 0.29) is 0 Å². The number of rotatable bonds is 10. The van der Waals surface area contributed by atoms with Gasteiger partial charge in [0.05, 0.1) is 0 Å². The van der Waals surface area contributed by atoms with Gasteiger partial charge in [0.1, 0.15) is 5.54 Å². The number of aliphatic carboxylic acids is 1. The maximum absolute atomic E-state index is 11.5. The fraction of sp³-hybridized carbons (Fsp3) is 0.938. The standard InChI is InChI=1S/C16H33N3O2/c1-5-10-17-16(4,15(20)21)9-12-18-11-8-14(13-18)19(6-2)7-3/h14,17H,5-13H2,1-4H3,(H,20,21). The lowest BCUT2D eigenvalue weighted by atomic mass is 9.97. The van der Waals surface area contributed by atoms with Gasteiger partial charge in [0.25, 0.3) is 0 Å². The van der Waals surface area contributed by atoms with Crippen LogP contribution in [0.5, 0.6) is 0 Å². The Kier molecular flexibility index (Phi) is 7.63. The largest absolute Gasteiger partial charge is 0.480 e. The Balaban J connectivity index is 2.45. The van der Waals surface area contributed by atoms with Crippen molar-refractivity contribution in [3.8, 4) is 0 Å². The summed E-state index contributed by atoms with van der Waals surface area (Å²) < 4.78 is 0. The molecule has 1 aliphatic rings. The Morgan fingerprint density at radius 1 is 1.38 bits per heavy atom. The molecule has 0 bridgehead atoms. The minimum atomic E-state index is -0.802. The Morgan fingerprint density at radius 2 is 2.05 bits per heavy atom. The van der Waals surface area contributed by atoms with Crippen LogP contribution in [0.3, 0.4) is 0 Å². The molecule has 0 radical (unpaired) electrons. The van der Waals surface area contributed by atoms with Crippen LogP contribution in [0.4, 0.5) is 0 Å². The normalized spacial score (nSPS) is 22.6. The third kappa shape index (κ3) is 5.24. The number of likely N-dealkylation sites (tertiary alicyclic amines) is 1. The molecule has 0 spiro atoms. The number of hydrogen-bond donors (Lipinski definition) is 2. The maximum Gasteiger partial charge on any atom is 0.323 e. The van der Waals surface area contributed by atoms with Gasteiger partial charge in [0.2, 0.25) is 0 Å². The SMILES string of the molecule is CCCNC(C)(CCN1CCC(N(CC)CC)C1)C(=O)O. The molecule has 0 aromatic carbocycles. The topological polar surface area (TPSA) is 55.8 Å². The Hall–Kier alpha value is -0.650. The van der Waals surface area contributed by atoms with Crippen molar-refractivity contribution in [1.29, 1.82) is 0 Å². The van der Waals surface area contributed by atoms with E-state index in [9.17, 15) is 9.90 Å². The predicted octanol–water partition coefficient (Wildman–Crippen LogP) is 1.64. The van der Waals surface area contributed by atoms with Gasteiger partial charge in [-0.1, -0.05) is 20.8 Å². The van der Waals surface area contributed by atoms with Gasteiger partial charge in [0.15, 0.2) is 0 Å². The number of likely N-dealkylation sites (N-methyl/N-ethyl adjacent to an activating group) is 1. The van der Waals surface area contributed by atoms with Crippen LogP contribution in [0.25, 0.3) is 0 Å². The molecule has 5 nitrogen and oxygen atoms in total. The zero-order chi connectivity index (χ0) is 15.9. The number of nitrogens with zero attached hydrogens (tertiary/aromatic N) is 2. The van der Waals surface area contributed by atoms with E-state index < -0.39 is 11.5 Å². The summed E-state index contributed by atoms with van der Waals surface area (Å²) in [5.41, 5.74) is -0.802. The molecule has 124 valence electrons. The van der Waals surface area contributed by atoms with Crippen molar-refractivity contribution in [3.63, 3.8) is 0 Å². The monoisotopic (exact) mass is 299 g/mol. The first-order valence-corrected chi connectivity index (χ1v) is 8.41. The van der Waals surface area contributed by atoms with Crippen LogP contribution in [0, 0.1) is 0 Å². The molecule has 0 saturated carbocycles. The van der Waals surface area contributed by atoms with Gasteiger partial charge in [0, 0.05) is 19.1 Å². The molecule has 0 aromatic heterocycles. The van der Waals surface area contributed by atoms with Crippen LogP contribution in [-0.2, 0) is 4.79 Å². The van der Waals surface area contributed by atoms with Crippen molar-refractivity contribution in [2.45, 2.75) is 58.5 Å². The highest BCUT2D eigenvalue weighted by atomic mass is 16.4. The van der Waals surface area contributed by atoms with Crippen molar-refractivity contribution >= 4 is 5.97 Å². The van der Waals surface area contributed by atoms with Gasteiger partial charge in [-0.2, -0.15) is 0 Å². The molecule has 0 aromatic rings. The summed E-state index contributed by atoms with van der Waals surface area (Å²) in [7, 11) is 0. The van der Waals surface area contributed by atoms with Gasteiger partial charge < -0.3 is 15.3 Å². The molecular formula is C16H33N3O2. The van der Waals surface area contributed by atoms with Crippen molar-refractivity contribution in [2.75, 3.05) is 39.3 Å². The lowest BCUT2D eigenvalue weighted by Gasteiger charge is -2.29. The highest BCUT2D eigenvalue weighted by molar-refractivity contribution is 5.78. The lowest BCUT2D eigenvalue weighted by molar-refractivity contribution is -0.144. The summed E-state index contributed by atoms with van der Waals surface area (Å²) in [6.07, 6.45) is 2.82. The Labute approximate surface area is 129 Å². The van der Waals surface area contributed by atoms with E-state index in [1.54, 1.807) is 0 Å². The van der Waals surface area contributed by atoms with Gasteiger partial charge in [-0.3, -0.25) is 9.69 Å². The van der Waals surface area contributed by atoms with E-state index in [0.717, 1.165) is 45.7 Å². The summed E-state index contributed by atoms with van der Waals surface area (Å²) >= 11 is 0. The number of carboxylic acids is 1. The first-order chi connectivity index (χ1) is 9.96. The zero-order valence-corrected chi connectivity index (χ0v) is 14.2. The van der Waals surface area contributed by atoms with Crippen LogP contribution >= 0.6 is 0 Å². The second-order valence-electron chi connectivity index (χ2n) is 6.28. The van der Waals surface area contributed by atoms with Crippen LogP contribution < -0.4 is 5.32 Å². The third-order valence-corrected chi connectivity index (χ3v) is 4.74. The minimum absolute atomic E-state index is 0.639. The van der Waals surface area contributed by atoms with E-state index in [1.807, 2.05) is 6.92 Å². The molecule has 1 heterocycles. The van der Waals surface area contributed by atoms with Crippen molar-refractivity contribution in [1.82, 2.24) is 15.1 Å². The molecule has 2 atom stereocenters. The summed E-state index contributed by atoms with van der Waals surface area (Å²) in [5, 5.41) is 12.6. The zero-order valence-electron chi connectivity index (χ0n) is 14.2. The molecule has 1 fully saturated rings. The van der Waals surface area contributed by atoms with E-state index in [4.69, 9.17) is 0 Å². The molecule has 1 saturated heterocycles. The van der Waals surface area contributed by atoms with Gasteiger partial charge >= 0.3 is 5.97 Å². The van der Waals surface area contributed by atoms with E-state index in [1.165, 1.54) is 6.42 Å². The first-order valence-electron chi connectivity index (χ1n) is 8.41. The van der Waals surface area contributed by atoms with Crippen LogP contribution in [0.15, 0.2) is 0 Å². The van der Waals surface area contributed by atoms with Crippen molar-refractivity contribution < 1.29 is 9.90 Å². The first kappa shape index (κ1) is 18.4. The van der Waals surface area contributed by atoms with Gasteiger partial charge in [-0.25, -0.2) is 0 Å². The summed E-state index contributed by atoms with van der Waals surface area (Å²) in [6.45, 7) is 14.3. The van der Waals surface area contributed by atoms with Crippen LogP contribution in [-0.4, -0.2) is 71.7 Å². The average molecular weight is 299 g/mol. The molecule has 0 amide bonds. The summed E-state index contributed by atoms with van der Waals surface area (Å²) in [4.78, 5) is 16.4. The average Bonchev–Trinajstić information content (AvgIpc) is 2.93. The molecule has 0 aliphatic carbocycles. The second-order valence-corrected chi connectivity index (χ2v) is 6.28. The van der Waals surface area contributed by atoms with Crippen LogP contribution in [0.1, 0.15) is 47.0 Å². The number of hydrogen-bond acceptors (Lipinski definition) is 4. The fourth-order valence-electron chi connectivity index (χ4n) is 3.11. The number of carbonyl (C=O) groups is 1. The lowest BCUT2D eigenvalue weighted by Crippen LogP contribution is -2.51. The van der Waals surface area contributed by atoms with Crippen LogP contribution in [0.2, 0.25) is 0 Å². The highest BCUT2D eigenvalue weighted by Crippen LogP contribution is 2.18. The van der Waals surface area contributed by atoms with Gasteiger partial charge in [-0.05, 0) is 52.4 Å². The molecule has 2 unspecified atom stereocenters. The molecule has 21 heavy (non-hydrogen) atoms. The summed E-state index contributed by atoms with van der Waals surface area (Å²) in [5.74, 6) is -0.740. The predicted molar refractivity (Wildman–Crippen MR) is 86.7 cm³/mol. The Bertz CT molecular complexity index is 321. The van der Waals surface area contributed by atoms with Crippen molar-refractivity contribution in [2.24, 2.45) is 0 Å². The van der Waals surface area contributed by atoms with E-state index in [2.05, 4.69) is 35.9 Å². The maximum atomic E-state index is 11.5. The molecular weight excluding hydrogens is 266 g/mol. The highest BCUT2D eigenvalue weighted by Gasteiger charge is 2.34. The molecule has 2 N–H and O–H groups in total. The van der Waals surface area contributed by atoms with Gasteiger partial charge in [-0.15, -0.1) is 0 Å². The molecule has 1 rings (SSSR count). The fourth-order valence-corrected chi connectivity index (χ4v) is 3.11. The Morgan fingerprint density at radius 3 is 2.57 bits per heavy atom. The van der Waals surface area contributed by atoms with E-state index in [0.29, 0.717) is 12.5 Å². The third-order valence-electron chi connectivity index (χ3n) is 4.74. The number of carboxylic acid groups (broad SMARTS) is 1. The quantitative estimate of drug-likeness (QED) is 0.642.